The molecule has 0 radical (unpaired) electrons. The number of thiophene rings is 1. The van der Waals surface area contributed by atoms with E-state index in [-0.39, 0.29) is 29.8 Å². The molecule has 2 aliphatic rings. The Morgan fingerprint density at radius 3 is 2.50 bits per heavy atom. The number of piperazine rings is 1. The molecule has 1 aromatic heterocycles. The molecular formula is C20H23N3O5S2. The molecule has 1 fully saturated rings. The van der Waals surface area contributed by atoms with Crippen molar-refractivity contribution in [3.8, 4) is 5.75 Å². The van der Waals surface area contributed by atoms with Crippen LogP contribution < -0.4 is 10.1 Å². The van der Waals surface area contributed by atoms with Gasteiger partial charge in [-0.1, -0.05) is 0 Å². The maximum absolute atomic E-state index is 13.3. The van der Waals surface area contributed by atoms with Crippen molar-refractivity contribution < 1.29 is 22.7 Å². The van der Waals surface area contributed by atoms with E-state index >= 15 is 0 Å². The van der Waals surface area contributed by atoms with Crippen molar-refractivity contribution in [2.75, 3.05) is 31.5 Å². The number of carbonyl (C=O) groups excluding carboxylic acids is 2. The quantitative estimate of drug-likeness (QED) is 0.775. The van der Waals surface area contributed by atoms with E-state index in [1.165, 1.54) is 21.7 Å². The number of carbonyl (C=O) groups is 2. The number of nitrogens with one attached hydrogen (secondary N) is 1. The number of amides is 2. The summed E-state index contributed by atoms with van der Waals surface area (Å²) in [5.74, 6) is 0.0233. The summed E-state index contributed by atoms with van der Waals surface area (Å²) in [6.45, 7) is 6.32. The fourth-order valence-corrected chi connectivity index (χ4v) is 6.16. The standard InChI is InChI=1S/C20H23N3O5S2/c1-12-4-9-29-18(12)20(25)22-5-7-23(8-6-22)30(26,27)17-11-16-15(10-13(17)2)21-19(24)14(3)28-16/h4,9-11,14H,5-8H2,1-3H3,(H,21,24)/t14-/m0/s1. The maximum Gasteiger partial charge on any atom is 0.265 e. The van der Waals surface area contributed by atoms with Gasteiger partial charge in [0, 0.05) is 32.2 Å². The molecule has 3 heterocycles. The summed E-state index contributed by atoms with van der Waals surface area (Å²) in [6, 6.07) is 5.00. The van der Waals surface area contributed by atoms with Gasteiger partial charge in [0.1, 0.15) is 5.75 Å². The van der Waals surface area contributed by atoms with Gasteiger partial charge in [0.15, 0.2) is 6.10 Å². The predicted octanol–water partition coefficient (Wildman–Crippen LogP) is 2.23. The fraction of sp³-hybridized carbons (Fsp3) is 0.400. The number of nitrogens with zero attached hydrogens (tertiary/aromatic N) is 2. The van der Waals surface area contributed by atoms with Gasteiger partial charge in [-0.15, -0.1) is 11.3 Å². The maximum atomic E-state index is 13.3. The summed E-state index contributed by atoms with van der Waals surface area (Å²) in [7, 11) is -3.76. The molecular weight excluding hydrogens is 426 g/mol. The van der Waals surface area contributed by atoms with Gasteiger partial charge < -0.3 is 15.0 Å². The lowest BCUT2D eigenvalue weighted by Gasteiger charge is -2.34. The highest BCUT2D eigenvalue weighted by Crippen LogP contribution is 2.35. The summed E-state index contributed by atoms with van der Waals surface area (Å²) in [4.78, 5) is 27.0. The minimum atomic E-state index is -3.76. The second-order valence-corrected chi connectivity index (χ2v) is 10.3. The molecule has 0 aliphatic carbocycles. The Balaban J connectivity index is 1.53. The monoisotopic (exact) mass is 449 g/mol. The van der Waals surface area contributed by atoms with Gasteiger partial charge in [-0.2, -0.15) is 4.31 Å². The van der Waals surface area contributed by atoms with E-state index in [1.54, 1.807) is 24.8 Å². The van der Waals surface area contributed by atoms with Crippen molar-refractivity contribution in [1.82, 2.24) is 9.21 Å². The Kier molecular flexibility index (Phi) is 5.33. The molecule has 4 rings (SSSR count). The molecule has 1 atom stereocenters. The Morgan fingerprint density at radius 2 is 1.87 bits per heavy atom. The molecule has 2 aromatic rings. The van der Waals surface area contributed by atoms with Crippen LogP contribution in [0.15, 0.2) is 28.5 Å². The van der Waals surface area contributed by atoms with Crippen LogP contribution in [0.3, 0.4) is 0 Å². The first-order valence-corrected chi connectivity index (χ1v) is 12.0. The highest BCUT2D eigenvalue weighted by atomic mass is 32.2. The van der Waals surface area contributed by atoms with Crippen LogP contribution in [0.25, 0.3) is 0 Å². The third kappa shape index (κ3) is 3.59. The first-order chi connectivity index (χ1) is 14.2. The average molecular weight is 450 g/mol. The minimum Gasteiger partial charge on any atom is -0.479 e. The highest BCUT2D eigenvalue weighted by Gasteiger charge is 2.34. The number of hydrogen-bond donors (Lipinski definition) is 1. The smallest absolute Gasteiger partial charge is 0.265 e. The zero-order valence-corrected chi connectivity index (χ0v) is 18.6. The normalized spacial score (nSPS) is 19.8. The summed E-state index contributed by atoms with van der Waals surface area (Å²) >= 11 is 1.40. The summed E-state index contributed by atoms with van der Waals surface area (Å²) in [5, 5.41) is 4.61. The van der Waals surface area contributed by atoms with E-state index in [0.29, 0.717) is 35.0 Å². The SMILES string of the molecule is Cc1cc2c(cc1S(=O)(=O)N1CCN(C(=O)c3sccc3C)CC1)O[C@@H](C)C(=O)N2. The molecule has 1 N–H and O–H groups in total. The van der Waals surface area contributed by atoms with E-state index in [1.807, 2.05) is 18.4 Å². The van der Waals surface area contributed by atoms with Crippen LogP contribution in [0.2, 0.25) is 0 Å². The number of anilines is 1. The van der Waals surface area contributed by atoms with Gasteiger partial charge in [0.2, 0.25) is 10.0 Å². The number of aryl methyl sites for hydroxylation is 2. The van der Waals surface area contributed by atoms with E-state index in [0.717, 1.165) is 5.56 Å². The van der Waals surface area contributed by atoms with Crippen LogP contribution in [0, 0.1) is 13.8 Å². The lowest BCUT2D eigenvalue weighted by atomic mass is 10.1. The van der Waals surface area contributed by atoms with Crippen molar-refractivity contribution in [3.05, 3.63) is 39.6 Å². The first-order valence-electron chi connectivity index (χ1n) is 9.64. The number of rotatable bonds is 3. The Hall–Kier alpha value is -2.43. The summed E-state index contributed by atoms with van der Waals surface area (Å²) in [6.07, 6.45) is -0.689. The lowest BCUT2D eigenvalue weighted by molar-refractivity contribution is -0.122. The molecule has 8 nitrogen and oxygen atoms in total. The van der Waals surface area contributed by atoms with Gasteiger partial charge in [0.05, 0.1) is 15.5 Å². The molecule has 0 unspecified atom stereocenters. The minimum absolute atomic E-state index is 0.0531. The van der Waals surface area contributed by atoms with Crippen LogP contribution in [0.4, 0.5) is 5.69 Å². The van der Waals surface area contributed by atoms with Crippen LogP contribution in [-0.2, 0) is 14.8 Å². The van der Waals surface area contributed by atoms with E-state index < -0.39 is 16.1 Å². The second-order valence-electron chi connectivity index (χ2n) is 7.49. The van der Waals surface area contributed by atoms with Gasteiger partial charge in [-0.05, 0) is 49.4 Å². The number of ether oxygens (including phenoxy) is 1. The molecule has 10 heteroatoms. The van der Waals surface area contributed by atoms with Crippen molar-refractivity contribution >= 4 is 38.9 Å². The van der Waals surface area contributed by atoms with Gasteiger partial charge in [-0.25, -0.2) is 8.42 Å². The van der Waals surface area contributed by atoms with Crippen LogP contribution in [-0.4, -0.2) is 61.7 Å². The first kappa shape index (κ1) is 20.8. The Morgan fingerprint density at radius 1 is 1.17 bits per heavy atom. The third-order valence-corrected chi connectivity index (χ3v) is 8.45. The highest BCUT2D eigenvalue weighted by molar-refractivity contribution is 7.89. The molecule has 2 amide bonds. The van der Waals surface area contributed by atoms with E-state index in [2.05, 4.69) is 5.32 Å². The molecule has 2 aliphatic heterocycles. The molecule has 1 aromatic carbocycles. The van der Waals surface area contributed by atoms with Crippen LogP contribution in [0.1, 0.15) is 27.7 Å². The van der Waals surface area contributed by atoms with Crippen molar-refractivity contribution in [3.63, 3.8) is 0 Å². The molecule has 0 spiro atoms. The average Bonchev–Trinajstić information content (AvgIpc) is 3.14. The Bertz CT molecular complexity index is 1120. The topological polar surface area (TPSA) is 96.0 Å². The predicted molar refractivity (Wildman–Crippen MR) is 114 cm³/mol. The van der Waals surface area contributed by atoms with E-state index in [4.69, 9.17) is 4.74 Å². The molecule has 0 bridgehead atoms. The fourth-order valence-electron chi connectivity index (χ4n) is 3.63. The van der Waals surface area contributed by atoms with Gasteiger partial charge in [0.25, 0.3) is 11.8 Å². The Labute approximate surface area is 179 Å². The summed E-state index contributed by atoms with van der Waals surface area (Å²) in [5.41, 5.74) is 1.93. The van der Waals surface area contributed by atoms with Crippen LogP contribution in [0.5, 0.6) is 5.75 Å². The second kappa shape index (κ2) is 7.68. The summed E-state index contributed by atoms with van der Waals surface area (Å²) < 4.78 is 33.5. The number of hydrogen-bond acceptors (Lipinski definition) is 6. The molecule has 0 saturated carbocycles. The molecule has 30 heavy (non-hydrogen) atoms. The van der Waals surface area contributed by atoms with Crippen molar-refractivity contribution in [2.24, 2.45) is 0 Å². The third-order valence-electron chi connectivity index (χ3n) is 5.41. The largest absolute Gasteiger partial charge is 0.479 e. The van der Waals surface area contributed by atoms with Gasteiger partial charge in [-0.3, -0.25) is 9.59 Å². The van der Waals surface area contributed by atoms with Crippen molar-refractivity contribution in [1.29, 1.82) is 0 Å². The molecule has 160 valence electrons. The molecule has 1 saturated heterocycles. The lowest BCUT2D eigenvalue weighted by Crippen LogP contribution is -2.50. The zero-order valence-electron chi connectivity index (χ0n) is 17.0. The van der Waals surface area contributed by atoms with Gasteiger partial charge >= 0.3 is 0 Å². The number of benzene rings is 1. The van der Waals surface area contributed by atoms with Crippen molar-refractivity contribution in [2.45, 2.75) is 31.8 Å². The number of fused-ring (bicyclic) bond motifs is 1. The van der Waals surface area contributed by atoms with Crippen LogP contribution >= 0.6 is 11.3 Å². The number of sulfonamides is 1. The zero-order chi connectivity index (χ0) is 21.6. The van der Waals surface area contributed by atoms with E-state index in [9.17, 15) is 18.0 Å².